The van der Waals surface area contributed by atoms with E-state index in [2.05, 4.69) is 15.0 Å². The van der Waals surface area contributed by atoms with Gasteiger partial charge in [0, 0.05) is 0 Å². The summed E-state index contributed by atoms with van der Waals surface area (Å²) in [6.45, 7) is 0. The van der Waals surface area contributed by atoms with Gasteiger partial charge in [-0.3, -0.25) is 0 Å². The van der Waals surface area contributed by atoms with Crippen LogP contribution >= 0.6 is 0 Å². The second kappa shape index (κ2) is 7.61. The molecule has 30 heavy (non-hydrogen) atoms. The van der Waals surface area contributed by atoms with Gasteiger partial charge in [-0.2, -0.15) is 15.0 Å². The summed E-state index contributed by atoms with van der Waals surface area (Å²) < 4.78 is 50.9. The number of sulfone groups is 2. The molecule has 0 aliphatic carbocycles. The molecule has 1 radical (unpaired) electrons. The monoisotopic (exact) mass is 448 g/mol. The van der Waals surface area contributed by atoms with Crippen molar-refractivity contribution in [1.82, 2.24) is 15.0 Å². The summed E-state index contributed by atoms with van der Waals surface area (Å²) in [7, 11) is -8.99. The van der Waals surface area contributed by atoms with Crippen LogP contribution in [0.5, 0.6) is 0 Å². The van der Waals surface area contributed by atoms with Crippen molar-refractivity contribution in [3.8, 4) is 0 Å². The second-order valence-corrected chi connectivity index (χ2v) is 9.36. The molecule has 0 amide bonds. The number of benzene rings is 2. The van der Waals surface area contributed by atoms with E-state index >= 15 is 0 Å². The molecule has 3 aromatic rings. The van der Waals surface area contributed by atoms with E-state index in [1.54, 1.807) is 0 Å². The molecule has 0 saturated heterocycles. The van der Waals surface area contributed by atoms with Gasteiger partial charge in [0.1, 0.15) is 0 Å². The first-order valence-corrected chi connectivity index (χ1v) is 10.8. The largest absolute Gasteiger partial charge is 0.478 e. The minimum Gasteiger partial charge on any atom is -0.478 e. The molecule has 3 rings (SSSR count). The van der Waals surface area contributed by atoms with Crippen LogP contribution in [0, 0.1) is 6.33 Å². The van der Waals surface area contributed by atoms with Crippen molar-refractivity contribution in [2.45, 2.75) is 20.1 Å². The Morgan fingerprint density at radius 2 is 1.13 bits per heavy atom. The first-order valence-electron chi connectivity index (χ1n) is 7.82. The lowest BCUT2D eigenvalue weighted by Crippen LogP contribution is -2.14. The number of aromatic carboxylic acids is 2. The van der Waals surface area contributed by atoms with Crippen molar-refractivity contribution in [3.63, 3.8) is 0 Å². The van der Waals surface area contributed by atoms with Gasteiger partial charge in [0.05, 0.1) is 20.9 Å². The topological polar surface area (TPSA) is 182 Å². The number of carboxylic acids is 2. The molecule has 2 N–H and O–H groups in total. The maximum atomic E-state index is 12.7. The van der Waals surface area contributed by atoms with E-state index < -0.39 is 51.7 Å². The van der Waals surface area contributed by atoms with Crippen LogP contribution in [-0.2, 0) is 19.7 Å². The first-order chi connectivity index (χ1) is 14.0. The predicted octanol–water partition coefficient (Wildman–Crippen LogP) is 0.734. The van der Waals surface area contributed by atoms with E-state index in [0.717, 1.165) is 24.3 Å². The summed E-state index contributed by atoms with van der Waals surface area (Å²) in [5.41, 5.74) is -0.625. The highest BCUT2D eigenvalue weighted by atomic mass is 32.2. The molecule has 0 aliphatic heterocycles. The zero-order chi connectivity index (χ0) is 22.1. The molecule has 1 aromatic heterocycles. The molecule has 0 unspecified atom stereocenters. The van der Waals surface area contributed by atoms with E-state index in [9.17, 15) is 26.4 Å². The van der Waals surface area contributed by atoms with Crippen LogP contribution in [0.3, 0.4) is 0 Å². The minimum absolute atomic E-state index is 0.313. The summed E-state index contributed by atoms with van der Waals surface area (Å²) in [4.78, 5) is 31.4. The molecule has 0 aliphatic rings. The Balaban J connectivity index is 2.10. The lowest BCUT2D eigenvalue weighted by Gasteiger charge is -2.06. The molecular formula is C17H10N3O8S2. The van der Waals surface area contributed by atoms with Crippen LogP contribution in [0.15, 0.2) is 68.6 Å². The quantitative estimate of drug-likeness (QED) is 0.542. The summed E-state index contributed by atoms with van der Waals surface area (Å²) in [5.74, 6) is -2.73. The number of carboxylic acid groups (broad SMARTS) is 2. The number of nitrogens with zero attached hydrogens (tertiary/aromatic N) is 3. The van der Waals surface area contributed by atoms with Gasteiger partial charge in [0.25, 0.3) is 10.3 Å². The van der Waals surface area contributed by atoms with Gasteiger partial charge >= 0.3 is 11.9 Å². The fourth-order valence-electron chi connectivity index (χ4n) is 2.29. The standard InChI is InChI=1S/C17H10N3O8S2/c21-14(22)10-3-1-5-12(7-10)29(25,26)16-18-9-19-17(20-16)30(27,28)13-6-2-4-11(8-13)15(23)24/h1-8H,(H,21,22)(H,23,24). The highest BCUT2D eigenvalue weighted by molar-refractivity contribution is 7.92. The van der Waals surface area contributed by atoms with Gasteiger partial charge in [-0.25, -0.2) is 26.4 Å². The van der Waals surface area contributed by atoms with Gasteiger partial charge < -0.3 is 10.2 Å². The normalized spacial score (nSPS) is 11.7. The van der Waals surface area contributed by atoms with Gasteiger partial charge in [-0.05, 0) is 36.4 Å². The van der Waals surface area contributed by atoms with Crippen molar-refractivity contribution in [2.75, 3.05) is 0 Å². The van der Waals surface area contributed by atoms with E-state index in [1.807, 2.05) is 6.33 Å². The smallest absolute Gasteiger partial charge is 0.335 e. The third kappa shape index (κ3) is 3.88. The van der Waals surface area contributed by atoms with Crippen molar-refractivity contribution >= 4 is 31.6 Å². The molecule has 1 heterocycles. The van der Waals surface area contributed by atoms with Gasteiger partial charge in [-0.15, -0.1) is 0 Å². The Hall–Kier alpha value is -3.71. The van der Waals surface area contributed by atoms with Crippen molar-refractivity contribution in [3.05, 3.63) is 66.0 Å². The zero-order valence-electron chi connectivity index (χ0n) is 14.6. The molecule has 0 spiro atoms. The number of carbonyl (C=O) groups is 2. The van der Waals surface area contributed by atoms with Gasteiger partial charge in [0.2, 0.25) is 26.0 Å². The van der Waals surface area contributed by atoms with E-state index in [0.29, 0.717) is 0 Å². The molecule has 0 fully saturated rings. The van der Waals surface area contributed by atoms with Crippen LogP contribution < -0.4 is 0 Å². The summed E-state index contributed by atoms with van der Waals surface area (Å²) in [6.07, 6.45) is 1.90. The third-order valence-corrected chi connectivity index (χ3v) is 6.82. The van der Waals surface area contributed by atoms with Crippen molar-refractivity contribution in [2.24, 2.45) is 0 Å². The van der Waals surface area contributed by atoms with E-state index in [1.165, 1.54) is 24.3 Å². The maximum Gasteiger partial charge on any atom is 0.335 e. The Labute approximate surface area is 169 Å². The van der Waals surface area contributed by atoms with Crippen LogP contribution in [-0.4, -0.2) is 53.9 Å². The van der Waals surface area contributed by atoms with Crippen molar-refractivity contribution < 1.29 is 36.6 Å². The lowest BCUT2D eigenvalue weighted by atomic mass is 10.2. The van der Waals surface area contributed by atoms with Crippen LogP contribution in [0.4, 0.5) is 0 Å². The fraction of sp³-hybridized carbons (Fsp3) is 0. The Bertz CT molecular complexity index is 1280. The predicted molar refractivity (Wildman–Crippen MR) is 96.4 cm³/mol. The SMILES string of the molecule is O=C(O)c1cccc(S(=O)(=O)c2n[c]nc(S(=O)(=O)c3cccc(C(=O)O)c3)n2)c1. The molecule has 13 heteroatoms. The number of rotatable bonds is 6. The van der Waals surface area contributed by atoms with Crippen LogP contribution in [0.2, 0.25) is 0 Å². The molecule has 2 aromatic carbocycles. The molecule has 153 valence electrons. The summed E-state index contributed by atoms with van der Waals surface area (Å²) >= 11 is 0. The number of aromatic nitrogens is 3. The number of hydrogen-bond donors (Lipinski definition) is 2. The third-order valence-electron chi connectivity index (χ3n) is 3.75. The molecule has 0 bridgehead atoms. The Morgan fingerprint density at radius 3 is 1.50 bits per heavy atom. The maximum absolute atomic E-state index is 12.7. The van der Waals surface area contributed by atoms with E-state index in [-0.39, 0.29) is 11.1 Å². The van der Waals surface area contributed by atoms with Crippen LogP contribution in [0.25, 0.3) is 0 Å². The molecular weight excluding hydrogens is 438 g/mol. The Morgan fingerprint density at radius 1 is 0.733 bits per heavy atom. The average Bonchev–Trinajstić information content (AvgIpc) is 2.74. The Kier molecular flexibility index (Phi) is 5.33. The molecule has 11 nitrogen and oxygen atoms in total. The highest BCUT2D eigenvalue weighted by Gasteiger charge is 2.28. The zero-order valence-corrected chi connectivity index (χ0v) is 16.3. The first kappa shape index (κ1) is 21.0. The average molecular weight is 448 g/mol. The summed E-state index contributed by atoms with van der Waals surface area (Å²) in [6, 6.07) is 8.65. The lowest BCUT2D eigenvalue weighted by molar-refractivity contribution is 0.0685. The molecule has 0 saturated carbocycles. The van der Waals surface area contributed by atoms with Crippen molar-refractivity contribution in [1.29, 1.82) is 0 Å². The summed E-state index contributed by atoms with van der Waals surface area (Å²) in [5, 5.41) is 16.1. The number of hydrogen-bond acceptors (Lipinski definition) is 9. The second-order valence-electron chi connectivity index (χ2n) is 5.67. The fourth-order valence-corrected chi connectivity index (χ4v) is 4.58. The minimum atomic E-state index is -4.50. The van der Waals surface area contributed by atoms with Crippen LogP contribution in [0.1, 0.15) is 20.7 Å². The van der Waals surface area contributed by atoms with E-state index in [4.69, 9.17) is 10.2 Å². The van der Waals surface area contributed by atoms with Gasteiger partial charge in [-0.1, -0.05) is 12.1 Å². The molecule has 0 atom stereocenters. The highest BCUT2D eigenvalue weighted by Crippen LogP contribution is 2.22. The van der Waals surface area contributed by atoms with Gasteiger partial charge in [0.15, 0.2) is 0 Å².